The molecule has 156 valence electrons. The summed E-state index contributed by atoms with van der Waals surface area (Å²) in [6.07, 6.45) is 0.615. The van der Waals surface area contributed by atoms with E-state index in [2.05, 4.69) is 19.2 Å². The maximum absolute atomic E-state index is 12.3. The van der Waals surface area contributed by atoms with Gasteiger partial charge in [0, 0.05) is 5.69 Å². The van der Waals surface area contributed by atoms with Crippen LogP contribution in [0.25, 0.3) is 0 Å². The molecule has 0 unspecified atom stereocenters. The topological polar surface area (TPSA) is 89.5 Å². The third kappa shape index (κ3) is 6.71. The molecule has 0 saturated carbocycles. The zero-order chi connectivity index (χ0) is 21.4. The molecular weight excluding hydrogens is 390 g/mol. The molecule has 7 heteroatoms. The van der Waals surface area contributed by atoms with Gasteiger partial charge in [0.2, 0.25) is 0 Å². The quantitative estimate of drug-likeness (QED) is 0.626. The van der Waals surface area contributed by atoms with Crippen molar-refractivity contribution >= 4 is 27.4 Å². The highest BCUT2D eigenvalue weighted by Crippen LogP contribution is 2.26. The Morgan fingerprint density at radius 2 is 1.72 bits per heavy atom. The number of esters is 1. The summed E-state index contributed by atoms with van der Waals surface area (Å²) in [5.74, 6) is -1.28. The minimum absolute atomic E-state index is 0.162. The summed E-state index contributed by atoms with van der Waals surface area (Å²) < 4.78 is 29.5. The molecule has 1 amide bonds. The van der Waals surface area contributed by atoms with Gasteiger partial charge in [-0.3, -0.25) is 9.59 Å². The van der Waals surface area contributed by atoms with Crippen molar-refractivity contribution in [2.24, 2.45) is 0 Å². The van der Waals surface area contributed by atoms with Crippen molar-refractivity contribution in [3.05, 3.63) is 59.7 Å². The van der Waals surface area contributed by atoms with E-state index in [1.807, 2.05) is 25.1 Å². The molecule has 1 N–H and O–H groups in total. The normalized spacial score (nSPS) is 12.2. The molecule has 0 aliphatic rings. The highest BCUT2D eigenvalue weighted by atomic mass is 32.2. The Hall–Kier alpha value is -2.67. The Morgan fingerprint density at radius 3 is 2.38 bits per heavy atom. The number of hydrogen-bond donors (Lipinski definition) is 1. The van der Waals surface area contributed by atoms with Gasteiger partial charge in [0.25, 0.3) is 5.91 Å². The Morgan fingerprint density at radius 1 is 1.07 bits per heavy atom. The molecular formula is C22H27NO5S. The zero-order valence-corrected chi connectivity index (χ0v) is 17.8. The minimum atomic E-state index is -3.58. The van der Waals surface area contributed by atoms with Crippen LogP contribution in [0.5, 0.6) is 0 Å². The summed E-state index contributed by atoms with van der Waals surface area (Å²) in [7, 11) is -3.58. The summed E-state index contributed by atoms with van der Waals surface area (Å²) in [4.78, 5) is 24.2. The molecule has 0 heterocycles. The predicted octanol–water partition coefficient (Wildman–Crippen LogP) is 3.85. The highest BCUT2D eigenvalue weighted by Gasteiger charge is 2.18. The molecule has 0 fully saturated rings. The Balaban J connectivity index is 1.85. The van der Waals surface area contributed by atoms with Gasteiger partial charge in [0.1, 0.15) is 0 Å². The number of aryl methyl sites for hydroxylation is 1. The summed E-state index contributed by atoms with van der Waals surface area (Å²) in [5.41, 5.74) is 2.65. The van der Waals surface area contributed by atoms with Crippen LogP contribution in [0.4, 0.5) is 5.69 Å². The Kier molecular flexibility index (Phi) is 7.96. The van der Waals surface area contributed by atoms with Crippen LogP contribution in [0, 0.1) is 6.92 Å². The van der Waals surface area contributed by atoms with Gasteiger partial charge >= 0.3 is 5.97 Å². The number of carbonyl (C=O) groups excluding carboxylic acids is 2. The number of ether oxygens (including phenoxy) is 1. The number of rotatable bonds is 9. The largest absolute Gasteiger partial charge is 0.456 e. The van der Waals surface area contributed by atoms with Crippen LogP contribution in [0.3, 0.4) is 0 Å². The average Bonchev–Trinajstić information content (AvgIpc) is 2.71. The number of amides is 1. The van der Waals surface area contributed by atoms with Gasteiger partial charge in [-0.2, -0.15) is 0 Å². The Bertz CT molecular complexity index is 951. The van der Waals surface area contributed by atoms with E-state index in [9.17, 15) is 18.0 Å². The van der Waals surface area contributed by atoms with E-state index >= 15 is 0 Å². The fourth-order valence-electron chi connectivity index (χ4n) is 2.75. The standard InChI is InChI=1S/C22H27NO5S/c1-4-17(3)19-7-5-6-8-20(19)23-21(24)15-28-22(25)13-14-29(26,27)18-11-9-16(2)10-12-18/h5-12,17H,4,13-15H2,1-3H3,(H,23,24)/t17-/m0/s1. The molecule has 1 atom stereocenters. The van der Waals surface area contributed by atoms with Crippen LogP contribution in [0.1, 0.15) is 43.7 Å². The van der Waals surface area contributed by atoms with Crippen molar-refractivity contribution in [1.82, 2.24) is 0 Å². The summed E-state index contributed by atoms with van der Waals surface area (Å²) >= 11 is 0. The maximum atomic E-state index is 12.3. The minimum Gasteiger partial charge on any atom is -0.456 e. The molecule has 0 aliphatic heterocycles. The molecule has 0 spiro atoms. The third-order valence-corrected chi connectivity index (χ3v) is 6.43. The van der Waals surface area contributed by atoms with E-state index in [0.717, 1.165) is 17.5 Å². The molecule has 0 bridgehead atoms. The van der Waals surface area contributed by atoms with Crippen LogP contribution in [-0.4, -0.2) is 32.7 Å². The van der Waals surface area contributed by atoms with E-state index in [4.69, 9.17) is 4.74 Å². The number of anilines is 1. The van der Waals surface area contributed by atoms with Crippen LogP contribution >= 0.6 is 0 Å². The number of benzene rings is 2. The Labute approximate surface area is 172 Å². The molecule has 2 aromatic rings. The summed E-state index contributed by atoms with van der Waals surface area (Å²) in [6, 6.07) is 13.9. The van der Waals surface area contributed by atoms with Gasteiger partial charge in [-0.15, -0.1) is 0 Å². The van der Waals surface area contributed by atoms with Crippen molar-refractivity contribution in [3.63, 3.8) is 0 Å². The SMILES string of the molecule is CC[C@H](C)c1ccccc1NC(=O)COC(=O)CCS(=O)(=O)c1ccc(C)cc1. The van der Waals surface area contributed by atoms with E-state index in [1.165, 1.54) is 12.1 Å². The van der Waals surface area contributed by atoms with Gasteiger partial charge in [-0.25, -0.2) is 8.42 Å². The summed E-state index contributed by atoms with van der Waals surface area (Å²) in [5, 5.41) is 2.75. The van der Waals surface area contributed by atoms with Crippen LogP contribution in [-0.2, 0) is 24.2 Å². The molecule has 0 aromatic heterocycles. The molecule has 2 aromatic carbocycles. The third-order valence-electron chi connectivity index (χ3n) is 4.70. The van der Waals surface area contributed by atoms with Crippen molar-refractivity contribution < 1.29 is 22.7 Å². The lowest BCUT2D eigenvalue weighted by atomic mass is 9.97. The van der Waals surface area contributed by atoms with E-state index in [0.29, 0.717) is 5.69 Å². The van der Waals surface area contributed by atoms with Gasteiger partial charge in [-0.05, 0) is 43.0 Å². The van der Waals surface area contributed by atoms with Crippen LogP contribution in [0.2, 0.25) is 0 Å². The second-order valence-electron chi connectivity index (χ2n) is 6.99. The first-order valence-electron chi connectivity index (χ1n) is 9.56. The first kappa shape index (κ1) is 22.6. The van der Waals surface area contributed by atoms with Crippen molar-refractivity contribution in [3.8, 4) is 0 Å². The van der Waals surface area contributed by atoms with Crippen molar-refractivity contribution in [2.45, 2.75) is 44.4 Å². The molecule has 0 aliphatic carbocycles. The van der Waals surface area contributed by atoms with E-state index < -0.39 is 28.3 Å². The van der Waals surface area contributed by atoms with Gasteiger partial charge in [-0.1, -0.05) is 49.7 Å². The zero-order valence-electron chi connectivity index (χ0n) is 17.0. The monoisotopic (exact) mass is 417 g/mol. The number of carbonyl (C=O) groups is 2. The summed E-state index contributed by atoms with van der Waals surface area (Å²) in [6.45, 7) is 5.54. The van der Waals surface area contributed by atoms with E-state index in [-0.39, 0.29) is 23.0 Å². The molecule has 29 heavy (non-hydrogen) atoms. The number of para-hydroxylation sites is 1. The smallest absolute Gasteiger partial charge is 0.307 e. The lowest BCUT2D eigenvalue weighted by Crippen LogP contribution is -2.22. The molecule has 2 rings (SSSR count). The van der Waals surface area contributed by atoms with Gasteiger partial charge < -0.3 is 10.1 Å². The fourth-order valence-corrected chi connectivity index (χ4v) is 3.97. The van der Waals surface area contributed by atoms with Crippen LogP contribution < -0.4 is 5.32 Å². The van der Waals surface area contributed by atoms with Crippen molar-refractivity contribution in [2.75, 3.05) is 17.7 Å². The lowest BCUT2D eigenvalue weighted by Gasteiger charge is -2.15. The highest BCUT2D eigenvalue weighted by molar-refractivity contribution is 7.91. The number of hydrogen-bond acceptors (Lipinski definition) is 5. The van der Waals surface area contributed by atoms with Gasteiger partial charge in [0.05, 0.1) is 17.1 Å². The first-order valence-corrected chi connectivity index (χ1v) is 11.2. The molecule has 6 nitrogen and oxygen atoms in total. The first-order chi connectivity index (χ1) is 13.7. The van der Waals surface area contributed by atoms with Crippen molar-refractivity contribution in [1.29, 1.82) is 0 Å². The molecule has 0 radical (unpaired) electrons. The average molecular weight is 418 g/mol. The van der Waals surface area contributed by atoms with E-state index in [1.54, 1.807) is 18.2 Å². The lowest BCUT2D eigenvalue weighted by molar-refractivity contribution is -0.146. The predicted molar refractivity (Wildman–Crippen MR) is 113 cm³/mol. The second-order valence-corrected chi connectivity index (χ2v) is 9.10. The maximum Gasteiger partial charge on any atom is 0.307 e. The van der Waals surface area contributed by atoms with Gasteiger partial charge in [0.15, 0.2) is 16.4 Å². The number of sulfone groups is 1. The second kappa shape index (κ2) is 10.2. The number of nitrogens with one attached hydrogen (secondary N) is 1. The fraction of sp³-hybridized carbons (Fsp3) is 0.364. The molecule has 0 saturated heterocycles. The van der Waals surface area contributed by atoms with Crippen LogP contribution in [0.15, 0.2) is 53.4 Å².